The van der Waals surface area contributed by atoms with E-state index in [0.29, 0.717) is 31.3 Å². The lowest BCUT2D eigenvalue weighted by Gasteiger charge is -2.30. The van der Waals surface area contributed by atoms with E-state index in [1.807, 2.05) is 29.2 Å². The summed E-state index contributed by atoms with van der Waals surface area (Å²) < 4.78 is 5.49. The Labute approximate surface area is 190 Å². The van der Waals surface area contributed by atoms with Crippen LogP contribution in [0.1, 0.15) is 37.7 Å². The normalized spacial score (nSPS) is 25.3. The number of amides is 2. The van der Waals surface area contributed by atoms with Gasteiger partial charge in [0.1, 0.15) is 5.75 Å². The van der Waals surface area contributed by atoms with Gasteiger partial charge >= 0.3 is 0 Å². The molecule has 1 spiro atoms. The van der Waals surface area contributed by atoms with E-state index in [-0.39, 0.29) is 17.7 Å². The van der Waals surface area contributed by atoms with Gasteiger partial charge in [0.25, 0.3) is 0 Å². The third-order valence-electron chi connectivity index (χ3n) is 8.13. The topological polar surface area (TPSA) is 58.6 Å². The molecular weight excluding hydrogens is 400 g/mol. The number of benzene rings is 2. The molecule has 1 aliphatic heterocycles. The van der Waals surface area contributed by atoms with Gasteiger partial charge in [0.05, 0.1) is 12.5 Å². The molecule has 168 valence electrons. The molecule has 5 nitrogen and oxygen atoms in total. The Morgan fingerprint density at radius 3 is 2.47 bits per heavy atom. The molecule has 2 aliphatic carbocycles. The Hall–Kier alpha value is -2.82. The van der Waals surface area contributed by atoms with Crippen molar-refractivity contribution < 1.29 is 14.3 Å². The molecule has 3 fully saturated rings. The first kappa shape index (κ1) is 21.0. The van der Waals surface area contributed by atoms with Gasteiger partial charge in [0.2, 0.25) is 11.8 Å². The van der Waals surface area contributed by atoms with Gasteiger partial charge in [0.15, 0.2) is 0 Å². The smallest absolute Gasteiger partial charge is 0.228 e. The highest BCUT2D eigenvalue weighted by atomic mass is 16.5. The van der Waals surface area contributed by atoms with Gasteiger partial charge in [-0.2, -0.15) is 0 Å². The summed E-state index contributed by atoms with van der Waals surface area (Å²) in [4.78, 5) is 28.1. The fourth-order valence-electron chi connectivity index (χ4n) is 5.91. The quantitative estimate of drug-likeness (QED) is 0.749. The van der Waals surface area contributed by atoms with Crippen molar-refractivity contribution in [1.29, 1.82) is 0 Å². The molecule has 1 saturated heterocycles. The number of carbonyl (C=O) groups excluding carboxylic acids is 2. The van der Waals surface area contributed by atoms with Crippen LogP contribution in [-0.2, 0) is 16.0 Å². The number of rotatable bonds is 6. The van der Waals surface area contributed by atoms with E-state index in [1.165, 1.54) is 19.3 Å². The minimum atomic E-state index is -0.558. The Morgan fingerprint density at radius 2 is 1.84 bits per heavy atom. The number of carbonyl (C=O) groups is 2. The summed E-state index contributed by atoms with van der Waals surface area (Å²) in [5.41, 5.74) is 3.02. The summed E-state index contributed by atoms with van der Waals surface area (Å²) in [7, 11) is 3.38. The van der Waals surface area contributed by atoms with Crippen molar-refractivity contribution in [1.82, 2.24) is 10.2 Å². The van der Waals surface area contributed by atoms with Crippen LogP contribution in [0.3, 0.4) is 0 Å². The van der Waals surface area contributed by atoms with Crippen LogP contribution < -0.4 is 10.1 Å². The van der Waals surface area contributed by atoms with Crippen molar-refractivity contribution in [2.75, 3.05) is 27.2 Å². The SMILES string of the molecule is CNC(=O)[C@]1(Cc2ccc(-c3ccccc3OC)cc2)CCN(C(=O)[C@H]2CC23CCC3)C1. The van der Waals surface area contributed by atoms with E-state index >= 15 is 0 Å². The summed E-state index contributed by atoms with van der Waals surface area (Å²) in [5.74, 6) is 1.37. The first-order chi connectivity index (χ1) is 15.5. The summed E-state index contributed by atoms with van der Waals surface area (Å²) in [6.07, 6.45) is 6.08. The molecule has 2 aromatic carbocycles. The van der Waals surface area contributed by atoms with E-state index in [1.54, 1.807) is 14.2 Å². The Kier molecular flexibility index (Phi) is 5.23. The Balaban J connectivity index is 1.32. The van der Waals surface area contributed by atoms with Gasteiger partial charge in [-0.3, -0.25) is 9.59 Å². The number of nitrogens with one attached hydrogen (secondary N) is 1. The lowest BCUT2D eigenvalue weighted by Crippen LogP contribution is -2.44. The fourth-order valence-corrected chi connectivity index (χ4v) is 5.91. The Bertz CT molecular complexity index is 1030. The van der Waals surface area contributed by atoms with Crippen LogP contribution >= 0.6 is 0 Å². The van der Waals surface area contributed by atoms with Crippen molar-refractivity contribution in [3.63, 3.8) is 0 Å². The average Bonchev–Trinajstić information content (AvgIpc) is 3.45. The van der Waals surface area contributed by atoms with Crippen LogP contribution in [-0.4, -0.2) is 44.0 Å². The first-order valence-electron chi connectivity index (χ1n) is 11.7. The van der Waals surface area contributed by atoms with Crippen LogP contribution in [0.25, 0.3) is 11.1 Å². The molecule has 5 heteroatoms. The molecule has 5 rings (SSSR count). The molecule has 1 heterocycles. The minimum Gasteiger partial charge on any atom is -0.496 e. The standard InChI is InChI=1S/C27H32N2O3/c1-28-25(31)27(14-15-29(18-27)24(30)22-17-26(22)12-5-13-26)16-19-8-10-20(11-9-19)21-6-3-4-7-23(21)32-2/h3-4,6-11,22H,5,12-18H2,1-2H3,(H,28,31)/t22-,27+/m1/s1. The summed E-state index contributed by atoms with van der Waals surface area (Å²) in [6.45, 7) is 1.20. The highest BCUT2D eigenvalue weighted by Crippen LogP contribution is 2.66. The van der Waals surface area contributed by atoms with Crippen molar-refractivity contribution in [3.8, 4) is 16.9 Å². The van der Waals surface area contributed by atoms with E-state index in [2.05, 4.69) is 29.6 Å². The van der Waals surface area contributed by atoms with Crippen LogP contribution in [0.4, 0.5) is 0 Å². The molecule has 0 radical (unpaired) electrons. The molecular formula is C27H32N2O3. The summed E-state index contributed by atoms with van der Waals surface area (Å²) in [6, 6.07) is 16.4. The second kappa shape index (κ2) is 7.95. The number of methoxy groups -OCH3 is 1. The Morgan fingerprint density at radius 1 is 1.09 bits per heavy atom. The van der Waals surface area contributed by atoms with Gasteiger partial charge in [-0.15, -0.1) is 0 Å². The zero-order valence-electron chi connectivity index (χ0n) is 19.0. The van der Waals surface area contributed by atoms with Gasteiger partial charge in [0, 0.05) is 31.6 Å². The number of nitrogens with zero attached hydrogens (tertiary/aromatic N) is 1. The van der Waals surface area contributed by atoms with Gasteiger partial charge in [-0.25, -0.2) is 0 Å². The molecule has 2 atom stereocenters. The van der Waals surface area contributed by atoms with E-state index in [0.717, 1.165) is 28.9 Å². The maximum atomic E-state index is 13.1. The van der Waals surface area contributed by atoms with Crippen LogP contribution in [0.2, 0.25) is 0 Å². The highest BCUT2D eigenvalue weighted by Gasteiger charge is 2.62. The number of para-hydroxylation sites is 1. The lowest BCUT2D eigenvalue weighted by atomic mass is 9.79. The molecule has 0 bridgehead atoms. The first-order valence-corrected chi connectivity index (χ1v) is 11.7. The van der Waals surface area contributed by atoms with E-state index in [4.69, 9.17) is 4.74 Å². The molecule has 2 saturated carbocycles. The summed E-state index contributed by atoms with van der Waals surface area (Å²) in [5, 5.41) is 2.87. The number of ether oxygens (including phenoxy) is 1. The zero-order valence-corrected chi connectivity index (χ0v) is 19.0. The van der Waals surface area contributed by atoms with Crippen molar-refractivity contribution in [2.45, 2.75) is 38.5 Å². The minimum absolute atomic E-state index is 0.0377. The van der Waals surface area contributed by atoms with Gasteiger partial charge in [-0.1, -0.05) is 48.9 Å². The summed E-state index contributed by atoms with van der Waals surface area (Å²) >= 11 is 0. The molecule has 2 amide bonds. The second-order valence-electron chi connectivity index (χ2n) is 9.92. The van der Waals surface area contributed by atoms with E-state index in [9.17, 15) is 9.59 Å². The number of hydrogen-bond donors (Lipinski definition) is 1. The lowest BCUT2D eigenvalue weighted by molar-refractivity contribution is -0.134. The molecule has 2 aromatic rings. The van der Waals surface area contributed by atoms with Gasteiger partial charge < -0.3 is 15.0 Å². The highest BCUT2D eigenvalue weighted by molar-refractivity contribution is 5.87. The maximum absolute atomic E-state index is 13.1. The largest absolute Gasteiger partial charge is 0.496 e. The van der Waals surface area contributed by atoms with Crippen LogP contribution in [0.5, 0.6) is 5.75 Å². The van der Waals surface area contributed by atoms with Gasteiger partial charge in [-0.05, 0) is 54.7 Å². The molecule has 0 unspecified atom stereocenters. The van der Waals surface area contributed by atoms with Crippen molar-refractivity contribution >= 4 is 11.8 Å². The van der Waals surface area contributed by atoms with E-state index < -0.39 is 5.41 Å². The molecule has 0 aromatic heterocycles. The van der Waals surface area contributed by atoms with Crippen LogP contribution in [0.15, 0.2) is 48.5 Å². The van der Waals surface area contributed by atoms with Crippen LogP contribution in [0, 0.1) is 16.7 Å². The number of hydrogen-bond acceptors (Lipinski definition) is 3. The third kappa shape index (κ3) is 3.48. The number of likely N-dealkylation sites (tertiary alicyclic amines) is 1. The predicted molar refractivity (Wildman–Crippen MR) is 124 cm³/mol. The molecule has 1 N–H and O–H groups in total. The third-order valence-corrected chi connectivity index (χ3v) is 8.13. The predicted octanol–water partition coefficient (Wildman–Crippen LogP) is 4.06. The molecule has 3 aliphatic rings. The monoisotopic (exact) mass is 432 g/mol. The van der Waals surface area contributed by atoms with Crippen molar-refractivity contribution in [2.24, 2.45) is 16.7 Å². The molecule has 32 heavy (non-hydrogen) atoms. The second-order valence-corrected chi connectivity index (χ2v) is 9.92. The maximum Gasteiger partial charge on any atom is 0.228 e. The zero-order chi connectivity index (χ0) is 22.3. The fraction of sp³-hybridized carbons (Fsp3) is 0.481. The van der Waals surface area contributed by atoms with Crippen molar-refractivity contribution in [3.05, 3.63) is 54.1 Å². The average molecular weight is 433 g/mol.